The fourth-order valence-electron chi connectivity index (χ4n) is 1.40. The van der Waals surface area contributed by atoms with Gasteiger partial charge in [-0.05, 0) is 18.6 Å². The van der Waals surface area contributed by atoms with Crippen LogP contribution in [0.15, 0.2) is 18.2 Å². The van der Waals surface area contributed by atoms with Crippen molar-refractivity contribution in [3.63, 3.8) is 0 Å². The second-order valence-corrected chi connectivity index (χ2v) is 3.81. The van der Waals surface area contributed by atoms with Gasteiger partial charge in [-0.3, -0.25) is 10.1 Å². The second kappa shape index (κ2) is 6.22. The molecule has 0 aliphatic heterocycles. The molecular formula is C11H10F3NO5. The molecule has 1 rings (SSSR count). The maximum atomic E-state index is 11.9. The number of nitrogens with zero attached hydrogens (tertiary/aromatic N) is 1. The SMILES string of the molecule is O=C(O)c1ccc(OCCCC(F)(F)F)cc1[N+](=O)[O-]. The van der Waals surface area contributed by atoms with Crippen molar-refractivity contribution < 1.29 is 32.7 Å². The first-order valence-electron chi connectivity index (χ1n) is 5.42. The van der Waals surface area contributed by atoms with Crippen LogP contribution in [0.3, 0.4) is 0 Å². The van der Waals surface area contributed by atoms with Crippen LogP contribution in [0.5, 0.6) is 5.75 Å². The zero-order valence-electron chi connectivity index (χ0n) is 10.0. The van der Waals surface area contributed by atoms with Gasteiger partial charge in [-0.15, -0.1) is 0 Å². The molecule has 6 nitrogen and oxygen atoms in total. The lowest BCUT2D eigenvalue weighted by molar-refractivity contribution is -0.385. The molecule has 0 spiro atoms. The van der Waals surface area contributed by atoms with Crippen LogP contribution in [0, 0.1) is 10.1 Å². The number of hydrogen-bond donors (Lipinski definition) is 1. The van der Waals surface area contributed by atoms with Crippen LogP contribution in [0.2, 0.25) is 0 Å². The number of nitro benzene ring substituents is 1. The van der Waals surface area contributed by atoms with Crippen molar-refractivity contribution in [3.8, 4) is 5.75 Å². The predicted octanol–water partition coefficient (Wildman–Crippen LogP) is 3.01. The van der Waals surface area contributed by atoms with E-state index in [0.717, 1.165) is 18.2 Å². The largest absolute Gasteiger partial charge is 0.493 e. The lowest BCUT2D eigenvalue weighted by Crippen LogP contribution is -2.10. The molecule has 0 unspecified atom stereocenters. The van der Waals surface area contributed by atoms with E-state index < -0.39 is 34.7 Å². The van der Waals surface area contributed by atoms with Crippen molar-refractivity contribution in [2.24, 2.45) is 0 Å². The van der Waals surface area contributed by atoms with Gasteiger partial charge >= 0.3 is 12.1 Å². The highest BCUT2D eigenvalue weighted by Crippen LogP contribution is 2.26. The number of rotatable bonds is 6. The van der Waals surface area contributed by atoms with Gasteiger partial charge in [0.2, 0.25) is 0 Å². The summed E-state index contributed by atoms with van der Waals surface area (Å²) in [7, 11) is 0. The molecule has 0 amide bonds. The van der Waals surface area contributed by atoms with E-state index in [1.807, 2.05) is 0 Å². The molecule has 0 aliphatic rings. The number of carbonyl (C=O) groups is 1. The van der Waals surface area contributed by atoms with Crippen molar-refractivity contribution >= 4 is 11.7 Å². The van der Waals surface area contributed by atoms with Crippen LogP contribution >= 0.6 is 0 Å². The molecule has 1 aromatic rings. The third-order valence-corrected chi connectivity index (χ3v) is 2.27. The summed E-state index contributed by atoms with van der Waals surface area (Å²) in [5, 5.41) is 19.4. The third kappa shape index (κ3) is 4.75. The molecule has 20 heavy (non-hydrogen) atoms. The summed E-state index contributed by atoms with van der Waals surface area (Å²) >= 11 is 0. The third-order valence-electron chi connectivity index (χ3n) is 2.27. The standard InChI is InChI=1S/C11H10F3NO5/c12-11(13,14)4-1-5-20-7-2-3-8(10(16)17)9(6-7)15(18)19/h2-3,6H,1,4-5H2,(H,16,17). The summed E-state index contributed by atoms with van der Waals surface area (Å²) in [6.45, 7) is -0.275. The summed E-state index contributed by atoms with van der Waals surface area (Å²) < 4.78 is 40.6. The first kappa shape index (κ1) is 15.7. The van der Waals surface area contributed by atoms with E-state index in [-0.39, 0.29) is 18.8 Å². The Hall–Kier alpha value is -2.32. The van der Waals surface area contributed by atoms with Crippen LogP contribution in [0.4, 0.5) is 18.9 Å². The highest BCUT2D eigenvalue weighted by atomic mass is 19.4. The molecule has 0 bridgehead atoms. The first-order chi connectivity index (χ1) is 9.20. The van der Waals surface area contributed by atoms with E-state index in [1.165, 1.54) is 0 Å². The molecule has 0 fully saturated rings. The van der Waals surface area contributed by atoms with Gasteiger partial charge in [0.1, 0.15) is 11.3 Å². The van der Waals surface area contributed by atoms with Crippen molar-refractivity contribution in [2.75, 3.05) is 6.61 Å². The highest BCUT2D eigenvalue weighted by molar-refractivity contribution is 5.92. The van der Waals surface area contributed by atoms with Gasteiger partial charge in [0, 0.05) is 6.42 Å². The summed E-state index contributed by atoms with van der Waals surface area (Å²) in [5.74, 6) is -1.52. The smallest absolute Gasteiger partial charge is 0.389 e. The van der Waals surface area contributed by atoms with E-state index >= 15 is 0 Å². The number of ether oxygens (including phenoxy) is 1. The number of aromatic carboxylic acids is 1. The van der Waals surface area contributed by atoms with Gasteiger partial charge in [-0.2, -0.15) is 13.2 Å². The number of carboxylic acids is 1. The summed E-state index contributed by atoms with van der Waals surface area (Å²) in [6.07, 6.45) is -5.61. The Kier molecular flexibility index (Phi) is 4.89. The Morgan fingerprint density at radius 3 is 2.55 bits per heavy atom. The van der Waals surface area contributed by atoms with Crippen LogP contribution < -0.4 is 4.74 Å². The Labute approximate surface area is 110 Å². The van der Waals surface area contributed by atoms with E-state index in [2.05, 4.69) is 0 Å². The Bertz CT molecular complexity index is 515. The van der Waals surface area contributed by atoms with Crippen LogP contribution in [-0.4, -0.2) is 28.8 Å². The number of nitro groups is 1. The fraction of sp³-hybridized carbons (Fsp3) is 0.364. The average Bonchev–Trinajstić information content (AvgIpc) is 2.33. The molecule has 0 atom stereocenters. The predicted molar refractivity (Wildman–Crippen MR) is 60.8 cm³/mol. The maximum absolute atomic E-state index is 11.9. The molecule has 0 heterocycles. The average molecular weight is 293 g/mol. The Balaban J connectivity index is 2.71. The fourth-order valence-corrected chi connectivity index (χ4v) is 1.40. The Morgan fingerprint density at radius 2 is 2.05 bits per heavy atom. The van der Waals surface area contributed by atoms with E-state index in [1.54, 1.807) is 0 Å². The molecule has 0 saturated heterocycles. The number of carboxylic acid groups (broad SMARTS) is 1. The van der Waals surface area contributed by atoms with Gasteiger partial charge in [0.15, 0.2) is 0 Å². The van der Waals surface area contributed by atoms with E-state index in [0.29, 0.717) is 0 Å². The number of alkyl halides is 3. The minimum Gasteiger partial charge on any atom is -0.493 e. The monoisotopic (exact) mass is 293 g/mol. The van der Waals surface area contributed by atoms with Crippen LogP contribution in [0.1, 0.15) is 23.2 Å². The second-order valence-electron chi connectivity index (χ2n) is 3.81. The molecular weight excluding hydrogens is 283 g/mol. The van der Waals surface area contributed by atoms with Gasteiger partial charge in [-0.25, -0.2) is 4.79 Å². The lowest BCUT2D eigenvalue weighted by atomic mass is 10.2. The van der Waals surface area contributed by atoms with Crippen molar-refractivity contribution in [3.05, 3.63) is 33.9 Å². The summed E-state index contributed by atoms with van der Waals surface area (Å²) in [4.78, 5) is 20.5. The number of halogens is 3. The maximum Gasteiger partial charge on any atom is 0.389 e. The lowest BCUT2D eigenvalue weighted by Gasteiger charge is -2.08. The molecule has 110 valence electrons. The molecule has 0 aromatic heterocycles. The van der Waals surface area contributed by atoms with Gasteiger partial charge < -0.3 is 9.84 Å². The highest BCUT2D eigenvalue weighted by Gasteiger charge is 2.26. The molecule has 0 aliphatic carbocycles. The number of hydrogen-bond acceptors (Lipinski definition) is 4. The van der Waals surface area contributed by atoms with Crippen molar-refractivity contribution in [1.82, 2.24) is 0 Å². The zero-order chi connectivity index (χ0) is 15.3. The summed E-state index contributed by atoms with van der Waals surface area (Å²) in [5.41, 5.74) is -1.19. The number of benzene rings is 1. The van der Waals surface area contributed by atoms with Crippen molar-refractivity contribution in [2.45, 2.75) is 19.0 Å². The quantitative estimate of drug-likeness (QED) is 0.494. The van der Waals surface area contributed by atoms with E-state index in [4.69, 9.17) is 9.84 Å². The van der Waals surface area contributed by atoms with Crippen LogP contribution in [0.25, 0.3) is 0 Å². The minimum atomic E-state index is -4.29. The Morgan fingerprint density at radius 1 is 1.40 bits per heavy atom. The normalized spacial score (nSPS) is 11.2. The minimum absolute atomic E-state index is 0.0520. The zero-order valence-corrected chi connectivity index (χ0v) is 10.0. The molecule has 0 radical (unpaired) electrons. The van der Waals surface area contributed by atoms with E-state index in [9.17, 15) is 28.1 Å². The summed E-state index contributed by atoms with van der Waals surface area (Å²) in [6, 6.07) is 3.00. The van der Waals surface area contributed by atoms with Crippen molar-refractivity contribution in [1.29, 1.82) is 0 Å². The molecule has 1 N–H and O–H groups in total. The van der Waals surface area contributed by atoms with Gasteiger partial charge in [0.25, 0.3) is 5.69 Å². The topological polar surface area (TPSA) is 89.7 Å². The first-order valence-corrected chi connectivity index (χ1v) is 5.42. The van der Waals surface area contributed by atoms with Gasteiger partial charge in [0.05, 0.1) is 17.6 Å². The molecule has 9 heteroatoms. The van der Waals surface area contributed by atoms with Crippen LogP contribution in [-0.2, 0) is 0 Å². The van der Waals surface area contributed by atoms with Gasteiger partial charge in [-0.1, -0.05) is 0 Å². The molecule has 0 saturated carbocycles. The molecule has 1 aromatic carbocycles.